The number of hydrogen-bond donors (Lipinski definition) is 1. The third-order valence-corrected chi connectivity index (χ3v) is 3.81. The van der Waals surface area contributed by atoms with E-state index in [-0.39, 0.29) is 29.6 Å². The van der Waals surface area contributed by atoms with E-state index >= 15 is 0 Å². The van der Waals surface area contributed by atoms with Crippen LogP contribution in [0, 0.1) is 5.82 Å². The van der Waals surface area contributed by atoms with Gasteiger partial charge in [0.05, 0.1) is 18.7 Å². The lowest BCUT2D eigenvalue weighted by molar-refractivity contribution is -0.233. The molecule has 1 fully saturated rings. The van der Waals surface area contributed by atoms with Gasteiger partial charge >= 0.3 is 6.18 Å². The van der Waals surface area contributed by atoms with Crippen molar-refractivity contribution in [2.24, 2.45) is 0 Å². The van der Waals surface area contributed by atoms with E-state index in [0.29, 0.717) is 0 Å². The van der Waals surface area contributed by atoms with Crippen LogP contribution in [-0.2, 0) is 4.74 Å². The van der Waals surface area contributed by atoms with Gasteiger partial charge in [-0.25, -0.2) is 4.39 Å². The molecule has 0 saturated carbocycles. The highest BCUT2D eigenvalue weighted by molar-refractivity contribution is 5.97. The number of rotatable bonds is 1. The number of nitrogens with one attached hydrogen (secondary N) is 1. The third kappa shape index (κ3) is 2.86. The van der Waals surface area contributed by atoms with Crippen LogP contribution in [0.5, 0.6) is 0 Å². The van der Waals surface area contributed by atoms with Gasteiger partial charge in [0.1, 0.15) is 11.4 Å². The summed E-state index contributed by atoms with van der Waals surface area (Å²) in [6.07, 6.45) is -5.67. The highest BCUT2D eigenvalue weighted by Gasteiger charge is 2.44. The van der Waals surface area contributed by atoms with Crippen LogP contribution >= 0.6 is 0 Å². The van der Waals surface area contributed by atoms with Crippen molar-refractivity contribution in [3.05, 3.63) is 46.0 Å². The van der Waals surface area contributed by atoms with Crippen molar-refractivity contribution in [1.29, 1.82) is 0 Å². The molecule has 1 saturated heterocycles. The fraction of sp³-hybridized carbons (Fsp3) is 0.333. The SMILES string of the molecule is O=C(c1c[nH]c2c(F)cccc2c1=O)N1CCOC(C(F)(F)F)C1. The van der Waals surface area contributed by atoms with Gasteiger partial charge in [-0.2, -0.15) is 13.2 Å². The maximum Gasteiger partial charge on any atom is 0.416 e. The van der Waals surface area contributed by atoms with Crippen LogP contribution in [0.15, 0.2) is 29.2 Å². The van der Waals surface area contributed by atoms with Crippen molar-refractivity contribution in [3.8, 4) is 0 Å². The number of carbonyl (C=O) groups excluding carboxylic acids is 1. The minimum Gasteiger partial charge on any atom is -0.365 e. The molecule has 5 nitrogen and oxygen atoms in total. The van der Waals surface area contributed by atoms with Crippen LogP contribution in [0.2, 0.25) is 0 Å². The average Bonchev–Trinajstić information content (AvgIpc) is 2.55. The Hall–Kier alpha value is -2.42. The first-order valence-corrected chi connectivity index (χ1v) is 7.06. The molecular formula is C15H12F4N2O3. The lowest BCUT2D eigenvalue weighted by Crippen LogP contribution is -2.51. The fourth-order valence-corrected chi connectivity index (χ4v) is 2.58. The molecule has 2 heterocycles. The largest absolute Gasteiger partial charge is 0.416 e. The number of ether oxygens (including phenoxy) is 1. The Morgan fingerprint density at radius 3 is 2.79 bits per heavy atom. The summed E-state index contributed by atoms with van der Waals surface area (Å²) >= 11 is 0. The molecule has 0 spiro atoms. The highest BCUT2D eigenvalue weighted by atomic mass is 19.4. The highest BCUT2D eigenvalue weighted by Crippen LogP contribution is 2.26. The van der Waals surface area contributed by atoms with Crippen LogP contribution in [-0.4, -0.2) is 47.8 Å². The Kier molecular flexibility index (Phi) is 4.04. The van der Waals surface area contributed by atoms with Crippen LogP contribution in [0.25, 0.3) is 10.9 Å². The first-order chi connectivity index (χ1) is 11.3. The zero-order valence-corrected chi connectivity index (χ0v) is 12.2. The number of para-hydroxylation sites is 1. The number of alkyl halides is 3. The number of benzene rings is 1. The molecular weight excluding hydrogens is 332 g/mol. The molecule has 1 aromatic heterocycles. The lowest BCUT2D eigenvalue weighted by Gasteiger charge is -2.33. The maximum atomic E-state index is 13.6. The number of pyridine rings is 1. The van der Waals surface area contributed by atoms with E-state index in [1.54, 1.807) is 0 Å². The van der Waals surface area contributed by atoms with Crippen molar-refractivity contribution >= 4 is 16.8 Å². The van der Waals surface area contributed by atoms with Gasteiger partial charge in [0.2, 0.25) is 5.43 Å². The smallest absolute Gasteiger partial charge is 0.365 e. The molecule has 1 aromatic carbocycles. The van der Waals surface area contributed by atoms with Gasteiger partial charge < -0.3 is 14.6 Å². The molecule has 1 N–H and O–H groups in total. The molecule has 1 unspecified atom stereocenters. The number of hydrogen-bond acceptors (Lipinski definition) is 3. The molecule has 0 aliphatic carbocycles. The van der Waals surface area contributed by atoms with Gasteiger partial charge in [0, 0.05) is 18.1 Å². The van der Waals surface area contributed by atoms with E-state index in [4.69, 9.17) is 0 Å². The number of carbonyl (C=O) groups is 1. The van der Waals surface area contributed by atoms with Crippen molar-refractivity contribution < 1.29 is 27.1 Å². The normalized spacial score (nSPS) is 18.8. The Morgan fingerprint density at radius 2 is 2.08 bits per heavy atom. The van der Waals surface area contributed by atoms with E-state index in [2.05, 4.69) is 9.72 Å². The zero-order valence-electron chi connectivity index (χ0n) is 12.2. The van der Waals surface area contributed by atoms with E-state index in [1.165, 1.54) is 12.1 Å². The van der Waals surface area contributed by atoms with Crippen LogP contribution in [0.3, 0.4) is 0 Å². The summed E-state index contributed by atoms with van der Waals surface area (Å²) in [5.74, 6) is -1.51. The maximum absolute atomic E-state index is 13.6. The van der Waals surface area contributed by atoms with Crippen molar-refractivity contribution in [3.63, 3.8) is 0 Å². The quantitative estimate of drug-likeness (QED) is 0.806. The second kappa shape index (κ2) is 5.90. The van der Waals surface area contributed by atoms with Crippen molar-refractivity contribution in [1.82, 2.24) is 9.88 Å². The summed E-state index contributed by atoms with van der Waals surface area (Å²) in [4.78, 5) is 28.2. The summed E-state index contributed by atoms with van der Waals surface area (Å²) in [5.41, 5.74) is -1.13. The minimum absolute atomic E-state index is 0.0403. The van der Waals surface area contributed by atoms with Crippen molar-refractivity contribution in [2.45, 2.75) is 12.3 Å². The zero-order chi connectivity index (χ0) is 17.5. The molecule has 1 amide bonds. The molecule has 1 aliphatic heterocycles. The standard InChI is InChI=1S/C15H12F4N2O3/c16-10-3-1-2-8-12(10)20-6-9(13(8)22)14(23)21-4-5-24-11(7-21)15(17,18)19/h1-3,6,11H,4-5,7H2,(H,20,22). The molecule has 24 heavy (non-hydrogen) atoms. The summed E-state index contributed by atoms with van der Waals surface area (Å²) in [6.45, 7) is -1.04. The number of halogens is 4. The first-order valence-electron chi connectivity index (χ1n) is 7.06. The monoisotopic (exact) mass is 344 g/mol. The number of H-pyrrole nitrogens is 1. The predicted octanol–water partition coefficient (Wildman–Crippen LogP) is 2.07. The second-order valence-corrected chi connectivity index (χ2v) is 5.35. The molecule has 128 valence electrons. The van der Waals surface area contributed by atoms with Gasteiger partial charge in [-0.15, -0.1) is 0 Å². The minimum atomic E-state index is -4.60. The van der Waals surface area contributed by atoms with E-state index in [1.807, 2.05) is 0 Å². The number of aromatic nitrogens is 1. The van der Waals surface area contributed by atoms with E-state index in [9.17, 15) is 27.2 Å². The Balaban J connectivity index is 1.94. The van der Waals surface area contributed by atoms with Crippen LogP contribution in [0.1, 0.15) is 10.4 Å². The van der Waals surface area contributed by atoms with Crippen LogP contribution < -0.4 is 5.43 Å². The summed E-state index contributed by atoms with van der Waals surface area (Å²) in [5, 5.41) is -0.0403. The molecule has 0 bridgehead atoms. The van der Waals surface area contributed by atoms with Gasteiger partial charge in [-0.1, -0.05) is 6.07 Å². The Morgan fingerprint density at radius 1 is 1.33 bits per heavy atom. The van der Waals surface area contributed by atoms with Gasteiger partial charge in [0.15, 0.2) is 6.10 Å². The number of fused-ring (bicyclic) bond motifs is 1. The van der Waals surface area contributed by atoms with E-state index in [0.717, 1.165) is 17.2 Å². The molecule has 2 aromatic rings. The van der Waals surface area contributed by atoms with Gasteiger partial charge in [-0.05, 0) is 12.1 Å². The molecule has 1 aliphatic rings. The fourth-order valence-electron chi connectivity index (χ4n) is 2.58. The number of aromatic amines is 1. The molecule has 0 radical (unpaired) electrons. The first kappa shape index (κ1) is 16.4. The molecule has 3 rings (SSSR count). The summed E-state index contributed by atoms with van der Waals surface area (Å²) < 4.78 is 56.5. The summed E-state index contributed by atoms with van der Waals surface area (Å²) in [7, 11) is 0. The van der Waals surface area contributed by atoms with Crippen molar-refractivity contribution in [2.75, 3.05) is 19.7 Å². The Labute approximate surface area is 132 Å². The Bertz CT molecular complexity index is 847. The molecule has 9 heteroatoms. The second-order valence-electron chi connectivity index (χ2n) is 5.35. The number of nitrogens with zero attached hydrogens (tertiary/aromatic N) is 1. The summed E-state index contributed by atoms with van der Waals surface area (Å²) in [6, 6.07) is 3.80. The number of morpholine rings is 1. The van der Waals surface area contributed by atoms with Crippen LogP contribution in [0.4, 0.5) is 17.6 Å². The third-order valence-electron chi connectivity index (χ3n) is 3.81. The molecule has 1 atom stereocenters. The lowest BCUT2D eigenvalue weighted by atomic mass is 10.1. The number of amides is 1. The predicted molar refractivity (Wildman–Crippen MR) is 76.2 cm³/mol. The average molecular weight is 344 g/mol. The van der Waals surface area contributed by atoms with Gasteiger partial charge in [-0.3, -0.25) is 9.59 Å². The topological polar surface area (TPSA) is 62.4 Å². The van der Waals surface area contributed by atoms with Gasteiger partial charge in [0.25, 0.3) is 5.91 Å². The van der Waals surface area contributed by atoms with E-state index < -0.39 is 36.0 Å².